The Balaban J connectivity index is 1.09. The van der Waals surface area contributed by atoms with Gasteiger partial charge in [0.25, 0.3) is 5.91 Å². The SMILES string of the molecule is Cc1cccc(NC(=O)COc2cccc([C@@H]3c4sc(=O)[nH]c4S[C@@H]4[C@@H]5C[C@@H]([C@@H]6C(=O)N(c7ccc(Cl)cc7)C(=O)[C@@H]56)[C@H]34)c2)c1. The van der Waals surface area contributed by atoms with E-state index in [9.17, 15) is 19.2 Å². The average Bonchev–Trinajstić information content (AvgIpc) is 3.75. The van der Waals surface area contributed by atoms with Gasteiger partial charge < -0.3 is 15.0 Å². The Kier molecular flexibility index (Phi) is 6.92. The number of carbonyl (C=O) groups excluding carboxylic acids is 3. The monoisotopic (exact) mass is 657 g/mol. The first-order valence-corrected chi connectivity index (χ1v) is 17.0. The topological polar surface area (TPSA) is 109 Å². The van der Waals surface area contributed by atoms with Gasteiger partial charge >= 0.3 is 4.87 Å². The molecule has 3 fully saturated rings. The highest BCUT2D eigenvalue weighted by molar-refractivity contribution is 8.00. The molecule has 0 radical (unpaired) electrons. The molecule has 8 rings (SSSR count). The van der Waals surface area contributed by atoms with E-state index in [0.717, 1.165) is 27.5 Å². The minimum Gasteiger partial charge on any atom is -0.484 e. The molecule has 1 aromatic heterocycles. The Labute approximate surface area is 272 Å². The summed E-state index contributed by atoms with van der Waals surface area (Å²) in [7, 11) is 0. The second kappa shape index (κ2) is 10.9. The van der Waals surface area contributed by atoms with Crippen LogP contribution >= 0.6 is 34.7 Å². The number of aromatic amines is 1. The van der Waals surface area contributed by atoms with Crippen molar-refractivity contribution in [1.29, 1.82) is 0 Å². The lowest BCUT2D eigenvalue weighted by molar-refractivity contribution is -0.123. The van der Waals surface area contributed by atoms with Crippen molar-refractivity contribution < 1.29 is 19.1 Å². The number of hydrogen-bond donors (Lipinski definition) is 2. The molecule has 8 nitrogen and oxygen atoms in total. The van der Waals surface area contributed by atoms with E-state index in [0.29, 0.717) is 22.1 Å². The number of rotatable bonds is 6. The molecule has 4 aromatic rings. The van der Waals surface area contributed by atoms with Crippen molar-refractivity contribution in [3.63, 3.8) is 0 Å². The normalized spacial score (nSPS) is 27.7. The van der Waals surface area contributed by atoms with Gasteiger partial charge in [0.15, 0.2) is 6.61 Å². The molecular weight excluding hydrogens is 630 g/mol. The fourth-order valence-electron chi connectivity index (χ4n) is 8.10. The van der Waals surface area contributed by atoms with E-state index < -0.39 is 5.92 Å². The number of nitrogens with one attached hydrogen (secondary N) is 2. The number of H-pyrrole nitrogens is 1. The first-order chi connectivity index (χ1) is 21.8. The van der Waals surface area contributed by atoms with Crippen LogP contribution in [0.3, 0.4) is 0 Å². The van der Waals surface area contributed by atoms with Gasteiger partial charge in [0, 0.05) is 26.8 Å². The van der Waals surface area contributed by atoms with Crippen LogP contribution in [0.15, 0.2) is 82.6 Å². The van der Waals surface area contributed by atoms with Crippen molar-refractivity contribution in [3.8, 4) is 5.75 Å². The third kappa shape index (κ3) is 4.73. The molecule has 228 valence electrons. The Morgan fingerprint density at radius 1 is 1.00 bits per heavy atom. The number of hydrogen-bond acceptors (Lipinski definition) is 7. The van der Waals surface area contributed by atoms with E-state index in [1.54, 1.807) is 36.0 Å². The van der Waals surface area contributed by atoms with Crippen LogP contribution in [-0.4, -0.2) is 34.6 Å². The molecular formula is C34H28ClN3O5S2. The van der Waals surface area contributed by atoms with Gasteiger partial charge in [-0.2, -0.15) is 0 Å². The van der Waals surface area contributed by atoms with Gasteiger partial charge in [-0.3, -0.25) is 24.1 Å². The third-order valence-corrected chi connectivity index (χ3v) is 12.5. The number of ether oxygens (including phenoxy) is 1. The molecule has 2 aliphatic carbocycles. The molecule has 11 heteroatoms. The molecule has 3 amide bonds. The first kappa shape index (κ1) is 28.6. The van der Waals surface area contributed by atoms with Crippen molar-refractivity contribution in [2.24, 2.45) is 29.6 Å². The molecule has 2 aliphatic heterocycles. The van der Waals surface area contributed by atoms with E-state index in [4.69, 9.17) is 16.3 Å². The highest BCUT2D eigenvalue weighted by Gasteiger charge is 2.69. The van der Waals surface area contributed by atoms with E-state index in [1.165, 1.54) is 16.2 Å². The van der Waals surface area contributed by atoms with E-state index >= 15 is 0 Å². The lowest BCUT2D eigenvalue weighted by Crippen LogP contribution is -2.42. The molecule has 1 saturated heterocycles. The largest absolute Gasteiger partial charge is 0.484 e. The van der Waals surface area contributed by atoms with Crippen LogP contribution < -0.4 is 19.8 Å². The van der Waals surface area contributed by atoms with Gasteiger partial charge in [0.1, 0.15) is 5.75 Å². The first-order valence-electron chi connectivity index (χ1n) is 14.9. The predicted molar refractivity (Wildman–Crippen MR) is 174 cm³/mol. The number of carbonyl (C=O) groups is 3. The van der Waals surface area contributed by atoms with Gasteiger partial charge in [0.05, 0.1) is 22.5 Å². The number of aryl methyl sites for hydroxylation is 1. The number of nitrogens with zero attached hydrogens (tertiary/aromatic N) is 1. The Hall–Kier alpha value is -3.86. The van der Waals surface area contributed by atoms with Crippen molar-refractivity contribution in [2.75, 3.05) is 16.8 Å². The zero-order valence-corrected chi connectivity index (χ0v) is 26.5. The fraction of sp³-hybridized carbons (Fsp3) is 0.294. The summed E-state index contributed by atoms with van der Waals surface area (Å²) in [6.45, 7) is 1.81. The Morgan fingerprint density at radius 2 is 1.76 bits per heavy atom. The predicted octanol–water partition coefficient (Wildman–Crippen LogP) is 6.09. The molecule has 0 unspecified atom stereocenters. The number of thioether (sulfide) groups is 1. The number of amides is 3. The molecule has 2 N–H and O–H groups in total. The quantitative estimate of drug-likeness (QED) is 0.243. The van der Waals surface area contributed by atoms with E-state index in [2.05, 4.69) is 10.3 Å². The maximum Gasteiger partial charge on any atom is 0.305 e. The molecule has 7 atom stereocenters. The fourth-order valence-corrected chi connectivity index (χ4v) is 11.1. The van der Waals surface area contributed by atoms with Crippen molar-refractivity contribution in [3.05, 3.63) is 103 Å². The number of thiazole rings is 1. The van der Waals surface area contributed by atoms with Gasteiger partial charge in [-0.05, 0) is 90.8 Å². The second-order valence-corrected chi connectivity index (χ2v) is 14.9. The summed E-state index contributed by atoms with van der Waals surface area (Å²) in [6, 6.07) is 22.1. The van der Waals surface area contributed by atoms with Crippen LogP contribution in [0.4, 0.5) is 11.4 Å². The average molecular weight is 658 g/mol. The standard InChI is InChI=1S/C34H28ClN3O5S2/c1-16-4-2-6-19(12-16)36-24(39)15-43-21-7-3-5-17(13-21)25-26-22-14-23(29(26)44-31-30(25)45-34(42)37-31)28-27(22)32(40)38(33(28)41)20-10-8-18(35)9-11-20/h2-13,22-23,25-29H,14-15H2,1H3,(H,36,39)(H,37,42)/t22-,23-,25+,26-,27+,28+,29-/m1/s1. The Bertz CT molecular complexity index is 1920. The van der Waals surface area contributed by atoms with Crippen LogP contribution in [0.25, 0.3) is 0 Å². The summed E-state index contributed by atoms with van der Waals surface area (Å²) in [4.78, 5) is 58.3. The van der Waals surface area contributed by atoms with Crippen LogP contribution in [0, 0.1) is 36.5 Å². The minimum atomic E-state index is -0.399. The van der Waals surface area contributed by atoms with Crippen LogP contribution in [0.2, 0.25) is 5.02 Å². The van der Waals surface area contributed by atoms with Crippen molar-refractivity contribution in [2.45, 2.75) is 29.5 Å². The molecule has 45 heavy (non-hydrogen) atoms. The number of aromatic nitrogens is 1. The van der Waals surface area contributed by atoms with E-state index in [-0.39, 0.29) is 64.0 Å². The van der Waals surface area contributed by atoms with Crippen LogP contribution in [-0.2, 0) is 14.4 Å². The van der Waals surface area contributed by atoms with E-state index in [1.807, 2.05) is 55.5 Å². The summed E-state index contributed by atoms with van der Waals surface area (Å²) >= 11 is 8.95. The van der Waals surface area contributed by atoms with Gasteiger partial charge in [-0.15, -0.1) is 11.8 Å². The Morgan fingerprint density at radius 3 is 2.53 bits per heavy atom. The van der Waals surface area contributed by atoms with Crippen molar-refractivity contribution >= 4 is 63.8 Å². The number of anilines is 2. The number of benzene rings is 3. The number of imide groups is 1. The third-order valence-electron chi connectivity index (χ3n) is 9.70. The summed E-state index contributed by atoms with van der Waals surface area (Å²) in [6.07, 6.45) is 0.800. The molecule has 0 spiro atoms. The molecule has 2 bridgehead atoms. The maximum absolute atomic E-state index is 13.9. The highest BCUT2D eigenvalue weighted by atomic mass is 35.5. The lowest BCUT2D eigenvalue weighted by atomic mass is 9.68. The lowest BCUT2D eigenvalue weighted by Gasteiger charge is -2.43. The van der Waals surface area contributed by atoms with Gasteiger partial charge in [-0.25, -0.2) is 0 Å². The van der Waals surface area contributed by atoms with Crippen LogP contribution in [0.5, 0.6) is 5.75 Å². The highest BCUT2D eigenvalue weighted by Crippen LogP contribution is 2.68. The molecule has 2 saturated carbocycles. The van der Waals surface area contributed by atoms with Crippen molar-refractivity contribution in [1.82, 2.24) is 4.98 Å². The summed E-state index contributed by atoms with van der Waals surface area (Å²) in [5.74, 6) is -0.853. The zero-order valence-electron chi connectivity index (χ0n) is 24.1. The number of halogens is 1. The smallest absolute Gasteiger partial charge is 0.305 e. The molecule has 3 heterocycles. The minimum absolute atomic E-state index is 0.00807. The van der Waals surface area contributed by atoms with Gasteiger partial charge in [0.2, 0.25) is 11.8 Å². The van der Waals surface area contributed by atoms with Gasteiger partial charge in [-0.1, -0.05) is 47.2 Å². The molecule has 3 aromatic carbocycles. The maximum atomic E-state index is 13.9. The number of fused-ring (bicyclic) bond motifs is 9. The van der Waals surface area contributed by atoms with Crippen LogP contribution in [0.1, 0.15) is 28.3 Å². The summed E-state index contributed by atoms with van der Waals surface area (Å²) in [5.41, 5.74) is 3.27. The molecule has 4 aliphatic rings. The summed E-state index contributed by atoms with van der Waals surface area (Å²) in [5, 5.41) is 4.33. The zero-order chi connectivity index (χ0) is 31.0. The second-order valence-electron chi connectivity index (χ2n) is 12.2. The summed E-state index contributed by atoms with van der Waals surface area (Å²) < 4.78 is 5.94.